The number of fused-ring (bicyclic) bond motifs is 1. The molecule has 104 valence electrons. The Balaban J connectivity index is 2.16. The first-order valence-electron chi connectivity index (χ1n) is 6.42. The molecule has 20 heavy (non-hydrogen) atoms. The lowest BCUT2D eigenvalue weighted by atomic mass is 10.1. The first kappa shape index (κ1) is 12.6. The highest BCUT2D eigenvalue weighted by atomic mass is 16.3. The number of imide groups is 1. The minimum Gasteiger partial charge on any atom is -0.511 e. The Bertz CT molecular complexity index is 778. The van der Waals surface area contributed by atoms with Gasteiger partial charge in [0.2, 0.25) is 5.91 Å². The van der Waals surface area contributed by atoms with E-state index in [0.717, 1.165) is 4.68 Å². The van der Waals surface area contributed by atoms with E-state index in [1.807, 2.05) is 6.08 Å². The molecule has 0 bridgehead atoms. The first-order chi connectivity index (χ1) is 9.58. The van der Waals surface area contributed by atoms with E-state index in [0.29, 0.717) is 18.1 Å². The lowest BCUT2D eigenvalue weighted by molar-refractivity contribution is -0.136. The standard InChI is InChI=1S/C13H13N3O4/c17-9-3-1-2-7-6-14-16(13(20)11(7)9)8-4-5-10(18)15-12(8)19/h2,6,8,17H,1,3-5H2,(H,15,18,19). The molecule has 1 aromatic heterocycles. The van der Waals surface area contributed by atoms with E-state index >= 15 is 0 Å². The van der Waals surface area contributed by atoms with Gasteiger partial charge in [-0.05, 0) is 12.8 Å². The van der Waals surface area contributed by atoms with E-state index in [2.05, 4.69) is 10.4 Å². The Morgan fingerprint density at radius 1 is 1.30 bits per heavy atom. The van der Waals surface area contributed by atoms with E-state index in [-0.39, 0.29) is 29.7 Å². The second-order valence-corrected chi connectivity index (χ2v) is 4.88. The van der Waals surface area contributed by atoms with Crippen LogP contribution in [0, 0.1) is 0 Å². The average molecular weight is 275 g/mol. The van der Waals surface area contributed by atoms with Gasteiger partial charge in [-0.3, -0.25) is 19.7 Å². The van der Waals surface area contributed by atoms with Crippen LogP contribution < -0.4 is 21.3 Å². The van der Waals surface area contributed by atoms with Crippen LogP contribution in [0.4, 0.5) is 0 Å². The van der Waals surface area contributed by atoms with Crippen LogP contribution in [0.25, 0.3) is 11.8 Å². The number of piperidine rings is 1. The van der Waals surface area contributed by atoms with Crippen LogP contribution >= 0.6 is 0 Å². The fraction of sp³-hybridized carbons (Fsp3) is 0.385. The molecule has 7 nitrogen and oxygen atoms in total. The molecule has 1 fully saturated rings. The van der Waals surface area contributed by atoms with Crippen molar-refractivity contribution in [3.63, 3.8) is 0 Å². The number of nitrogens with one attached hydrogen (secondary N) is 1. The predicted octanol–water partition coefficient (Wildman–Crippen LogP) is -1.54. The molecule has 0 aromatic carbocycles. The monoisotopic (exact) mass is 275 g/mol. The second-order valence-electron chi connectivity index (χ2n) is 4.88. The number of nitrogens with zero attached hydrogens (tertiary/aromatic N) is 2. The molecule has 2 amide bonds. The van der Waals surface area contributed by atoms with E-state index in [1.165, 1.54) is 6.20 Å². The van der Waals surface area contributed by atoms with Crippen LogP contribution in [0.2, 0.25) is 0 Å². The number of rotatable bonds is 1. The maximum atomic E-state index is 12.4. The van der Waals surface area contributed by atoms with Crippen molar-refractivity contribution in [2.24, 2.45) is 0 Å². The minimum atomic E-state index is -0.805. The third-order valence-electron chi connectivity index (χ3n) is 3.57. The fourth-order valence-electron chi connectivity index (χ4n) is 2.55. The highest BCUT2D eigenvalue weighted by Gasteiger charge is 2.30. The van der Waals surface area contributed by atoms with Gasteiger partial charge in [0.1, 0.15) is 11.8 Å². The van der Waals surface area contributed by atoms with Gasteiger partial charge in [-0.25, -0.2) is 4.68 Å². The molecule has 1 aliphatic carbocycles. The quantitative estimate of drug-likeness (QED) is 0.605. The Kier molecular flexibility index (Phi) is 2.89. The molecule has 3 rings (SSSR count). The molecular weight excluding hydrogens is 262 g/mol. The molecule has 2 heterocycles. The summed E-state index contributed by atoms with van der Waals surface area (Å²) in [7, 11) is 0. The van der Waals surface area contributed by atoms with Gasteiger partial charge in [0, 0.05) is 18.1 Å². The van der Waals surface area contributed by atoms with Crippen LogP contribution in [0.15, 0.2) is 11.0 Å². The Morgan fingerprint density at radius 2 is 2.10 bits per heavy atom. The molecule has 1 saturated heterocycles. The first-order valence-corrected chi connectivity index (χ1v) is 6.42. The smallest absolute Gasteiger partial charge is 0.278 e. The van der Waals surface area contributed by atoms with Gasteiger partial charge in [0.15, 0.2) is 0 Å². The lowest BCUT2D eigenvalue weighted by Crippen LogP contribution is -2.53. The number of aromatic nitrogens is 2. The van der Waals surface area contributed by atoms with Crippen molar-refractivity contribution in [2.75, 3.05) is 0 Å². The van der Waals surface area contributed by atoms with Gasteiger partial charge >= 0.3 is 0 Å². The zero-order valence-electron chi connectivity index (χ0n) is 10.6. The zero-order chi connectivity index (χ0) is 14.3. The van der Waals surface area contributed by atoms with Crippen LogP contribution in [0.5, 0.6) is 0 Å². The van der Waals surface area contributed by atoms with Crippen molar-refractivity contribution in [2.45, 2.75) is 31.7 Å². The summed E-state index contributed by atoms with van der Waals surface area (Å²) < 4.78 is 1.05. The zero-order valence-corrected chi connectivity index (χ0v) is 10.6. The molecule has 1 aliphatic heterocycles. The largest absolute Gasteiger partial charge is 0.511 e. The Labute approximate surface area is 113 Å². The van der Waals surface area contributed by atoms with Gasteiger partial charge in [0.25, 0.3) is 11.5 Å². The highest BCUT2D eigenvalue weighted by molar-refractivity contribution is 5.99. The predicted molar refractivity (Wildman–Crippen MR) is 68.9 cm³/mol. The maximum Gasteiger partial charge on any atom is 0.278 e. The molecular formula is C13H13N3O4. The summed E-state index contributed by atoms with van der Waals surface area (Å²) >= 11 is 0. The summed E-state index contributed by atoms with van der Waals surface area (Å²) in [6.45, 7) is 0. The SMILES string of the molecule is O=C1CCC(n2ncc3c(c2=O)=C(O)CCC=3)C(=O)N1. The highest BCUT2D eigenvalue weighted by Crippen LogP contribution is 2.14. The van der Waals surface area contributed by atoms with Crippen molar-refractivity contribution in [1.82, 2.24) is 15.1 Å². The van der Waals surface area contributed by atoms with E-state index < -0.39 is 17.5 Å². The summed E-state index contributed by atoms with van der Waals surface area (Å²) in [6, 6.07) is -0.805. The average Bonchev–Trinajstić information content (AvgIpc) is 2.40. The van der Waals surface area contributed by atoms with Gasteiger partial charge in [-0.2, -0.15) is 5.10 Å². The van der Waals surface area contributed by atoms with Gasteiger partial charge in [-0.1, -0.05) is 6.08 Å². The molecule has 0 spiro atoms. The minimum absolute atomic E-state index is 0.0240. The topological polar surface area (TPSA) is 101 Å². The lowest BCUT2D eigenvalue weighted by Gasteiger charge is -2.21. The summed E-state index contributed by atoms with van der Waals surface area (Å²) in [4.78, 5) is 35.3. The van der Waals surface area contributed by atoms with Crippen LogP contribution in [-0.4, -0.2) is 26.7 Å². The Morgan fingerprint density at radius 3 is 2.85 bits per heavy atom. The molecule has 1 unspecified atom stereocenters. The summed E-state index contributed by atoms with van der Waals surface area (Å²) in [5.74, 6) is -0.856. The molecule has 1 aromatic rings. The molecule has 7 heteroatoms. The van der Waals surface area contributed by atoms with E-state index in [1.54, 1.807) is 0 Å². The summed E-state index contributed by atoms with van der Waals surface area (Å²) in [5, 5.41) is 16.9. The molecule has 0 radical (unpaired) electrons. The van der Waals surface area contributed by atoms with Crippen LogP contribution in [-0.2, 0) is 9.59 Å². The fourth-order valence-corrected chi connectivity index (χ4v) is 2.55. The number of hydrogen-bond donors (Lipinski definition) is 2. The van der Waals surface area contributed by atoms with Crippen molar-refractivity contribution in [3.05, 3.63) is 27.0 Å². The number of carbonyl (C=O) groups excluding carboxylic acids is 2. The third-order valence-corrected chi connectivity index (χ3v) is 3.57. The van der Waals surface area contributed by atoms with Crippen molar-refractivity contribution >= 4 is 23.6 Å². The van der Waals surface area contributed by atoms with E-state index in [9.17, 15) is 19.5 Å². The molecule has 0 saturated carbocycles. The van der Waals surface area contributed by atoms with Crippen LogP contribution in [0.3, 0.4) is 0 Å². The van der Waals surface area contributed by atoms with E-state index in [4.69, 9.17) is 0 Å². The third kappa shape index (κ3) is 1.91. The van der Waals surface area contributed by atoms with Gasteiger partial charge < -0.3 is 5.11 Å². The van der Waals surface area contributed by atoms with Crippen molar-refractivity contribution in [1.29, 1.82) is 0 Å². The Hall–Kier alpha value is -2.44. The number of aliphatic hydroxyl groups excluding tert-OH is 1. The molecule has 2 N–H and O–H groups in total. The number of amides is 2. The van der Waals surface area contributed by atoms with Gasteiger partial charge in [0.05, 0.1) is 11.4 Å². The van der Waals surface area contributed by atoms with Gasteiger partial charge in [-0.15, -0.1) is 0 Å². The van der Waals surface area contributed by atoms with Crippen molar-refractivity contribution in [3.8, 4) is 0 Å². The second kappa shape index (κ2) is 4.59. The summed E-state index contributed by atoms with van der Waals surface area (Å²) in [5.41, 5.74) is -0.495. The number of carbonyl (C=O) groups is 2. The normalized spacial score (nSPS) is 22.0. The van der Waals surface area contributed by atoms with Crippen molar-refractivity contribution < 1.29 is 14.7 Å². The molecule has 2 aliphatic rings. The van der Waals surface area contributed by atoms with Crippen LogP contribution in [0.1, 0.15) is 31.7 Å². The molecule has 1 atom stereocenters. The number of aliphatic hydroxyl groups is 1. The maximum absolute atomic E-state index is 12.4. The number of hydrogen-bond acceptors (Lipinski definition) is 5. The summed E-state index contributed by atoms with van der Waals surface area (Å²) in [6.07, 6.45) is 4.77.